The van der Waals surface area contributed by atoms with Gasteiger partial charge in [-0.05, 0) is 0 Å². The van der Waals surface area contributed by atoms with E-state index in [2.05, 4.69) is 15.3 Å². The van der Waals surface area contributed by atoms with Crippen LogP contribution < -0.4 is 5.32 Å². The van der Waals surface area contributed by atoms with Gasteiger partial charge in [0.2, 0.25) is 0 Å². The molecule has 5 heteroatoms. The number of nitrogens with one attached hydrogen (secondary N) is 1. The minimum Gasteiger partial charge on any atom is -0.362 e. The quantitative estimate of drug-likeness (QED) is 0.690. The first-order valence-corrected chi connectivity index (χ1v) is 8.11. The number of nitrogens with zero attached hydrogens (tertiary/aromatic N) is 2. The van der Waals surface area contributed by atoms with Crippen molar-refractivity contribution in [3.8, 4) is 22.5 Å². The number of hydrogen-bond donors (Lipinski definition) is 1. The molecule has 3 rings (SSSR count). The van der Waals surface area contributed by atoms with E-state index in [1.165, 1.54) is 0 Å². The molecule has 0 radical (unpaired) electrons. The Labute approximate surface area is 145 Å². The molecule has 2 aromatic carbocycles. The standard InChI is InChI=1S/C19H16ClN3O/c20-11-16(24)12-21-17-13-22-18(14-7-3-1-4-8-14)19(23-17)15-9-5-2-6-10-15/h1-10,13H,11-12H2,(H,21,23). The summed E-state index contributed by atoms with van der Waals surface area (Å²) in [5, 5.41) is 2.98. The normalized spacial score (nSPS) is 10.4. The monoisotopic (exact) mass is 337 g/mol. The smallest absolute Gasteiger partial charge is 0.166 e. The highest BCUT2D eigenvalue weighted by molar-refractivity contribution is 6.28. The lowest BCUT2D eigenvalue weighted by Gasteiger charge is -2.11. The number of benzene rings is 2. The van der Waals surface area contributed by atoms with Gasteiger partial charge in [0, 0.05) is 11.1 Å². The lowest BCUT2D eigenvalue weighted by molar-refractivity contribution is -0.115. The van der Waals surface area contributed by atoms with Gasteiger partial charge < -0.3 is 5.32 Å². The zero-order valence-electron chi connectivity index (χ0n) is 12.9. The number of carbonyl (C=O) groups excluding carboxylic acids is 1. The van der Waals surface area contributed by atoms with E-state index in [1.54, 1.807) is 6.20 Å². The number of alkyl halides is 1. The van der Waals surface area contributed by atoms with Crippen molar-refractivity contribution in [1.82, 2.24) is 9.97 Å². The molecule has 1 N–H and O–H groups in total. The molecule has 0 bridgehead atoms. The number of ketones is 1. The summed E-state index contributed by atoms with van der Waals surface area (Å²) in [7, 11) is 0. The second kappa shape index (κ2) is 7.70. The number of rotatable bonds is 6. The van der Waals surface area contributed by atoms with Crippen LogP contribution >= 0.6 is 11.6 Å². The summed E-state index contributed by atoms with van der Waals surface area (Å²) in [6.07, 6.45) is 1.64. The minimum absolute atomic E-state index is 0.0198. The molecule has 0 atom stereocenters. The third-order valence-corrected chi connectivity index (χ3v) is 3.78. The van der Waals surface area contributed by atoms with Crippen molar-refractivity contribution in [2.24, 2.45) is 0 Å². The molecule has 0 aliphatic heterocycles. The van der Waals surface area contributed by atoms with Crippen molar-refractivity contribution in [2.45, 2.75) is 0 Å². The van der Waals surface area contributed by atoms with Crippen LogP contribution in [0.15, 0.2) is 66.9 Å². The average molecular weight is 338 g/mol. The van der Waals surface area contributed by atoms with Gasteiger partial charge in [-0.25, -0.2) is 4.98 Å². The summed E-state index contributed by atoms with van der Waals surface area (Å²) in [5.41, 5.74) is 3.53. The minimum atomic E-state index is -0.0909. The molecule has 0 saturated carbocycles. The van der Waals surface area contributed by atoms with Crippen LogP contribution in [0, 0.1) is 0 Å². The highest BCUT2D eigenvalue weighted by atomic mass is 35.5. The van der Waals surface area contributed by atoms with Crippen LogP contribution in [0.2, 0.25) is 0 Å². The Bertz CT molecular complexity index is 823. The van der Waals surface area contributed by atoms with Crippen LogP contribution in [0.3, 0.4) is 0 Å². The van der Waals surface area contributed by atoms with Crippen LogP contribution in [0.5, 0.6) is 0 Å². The van der Waals surface area contributed by atoms with Crippen LogP contribution in [0.1, 0.15) is 0 Å². The summed E-state index contributed by atoms with van der Waals surface area (Å²) < 4.78 is 0. The van der Waals surface area contributed by atoms with Gasteiger partial charge in [0.1, 0.15) is 5.82 Å². The molecule has 0 unspecified atom stereocenters. The second-order valence-electron chi connectivity index (χ2n) is 5.21. The molecule has 1 heterocycles. The molecular formula is C19H16ClN3O. The third kappa shape index (κ3) is 3.78. The van der Waals surface area contributed by atoms with E-state index in [0.29, 0.717) is 5.82 Å². The Morgan fingerprint density at radius 2 is 1.50 bits per heavy atom. The molecule has 4 nitrogen and oxygen atoms in total. The van der Waals surface area contributed by atoms with E-state index < -0.39 is 0 Å². The van der Waals surface area contributed by atoms with E-state index in [-0.39, 0.29) is 18.2 Å². The van der Waals surface area contributed by atoms with E-state index in [0.717, 1.165) is 22.5 Å². The second-order valence-corrected chi connectivity index (χ2v) is 5.48. The topological polar surface area (TPSA) is 54.9 Å². The van der Waals surface area contributed by atoms with Crippen molar-refractivity contribution in [3.63, 3.8) is 0 Å². The first-order valence-electron chi connectivity index (χ1n) is 7.57. The predicted octanol–water partition coefficient (Wildman–Crippen LogP) is 4.03. The molecule has 1 aromatic heterocycles. The highest BCUT2D eigenvalue weighted by Crippen LogP contribution is 2.29. The summed E-state index contributed by atoms with van der Waals surface area (Å²) in [6, 6.07) is 19.8. The summed E-state index contributed by atoms with van der Waals surface area (Å²) in [5.74, 6) is 0.438. The zero-order valence-corrected chi connectivity index (χ0v) is 13.7. The fourth-order valence-corrected chi connectivity index (χ4v) is 2.41. The number of aromatic nitrogens is 2. The molecule has 0 fully saturated rings. The number of halogens is 1. The predicted molar refractivity (Wildman–Crippen MR) is 97.1 cm³/mol. The first kappa shape index (κ1) is 16.1. The van der Waals surface area contributed by atoms with Gasteiger partial charge in [0.25, 0.3) is 0 Å². The Morgan fingerprint density at radius 3 is 2.08 bits per heavy atom. The van der Waals surface area contributed by atoms with E-state index in [4.69, 9.17) is 11.6 Å². The van der Waals surface area contributed by atoms with Crippen molar-refractivity contribution in [1.29, 1.82) is 0 Å². The summed E-state index contributed by atoms with van der Waals surface area (Å²) >= 11 is 5.53. The molecule has 0 saturated heterocycles. The van der Waals surface area contributed by atoms with Gasteiger partial charge in [-0.3, -0.25) is 9.78 Å². The van der Waals surface area contributed by atoms with Gasteiger partial charge in [-0.15, -0.1) is 11.6 Å². The Hall–Kier alpha value is -2.72. The molecular weight excluding hydrogens is 322 g/mol. The van der Waals surface area contributed by atoms with Gasteiger partial charge in [0.15, 0.2) is 5.78 Å². The molecule has 24 heavy (non-hydrogen) atoms. The molecule has 0 aliphatic carbocycles. The van der Waals surface area contributed by atoms with Crippen molar-refractivity contribution in [2.75, 3.05) is 17.7 Å². The lowest BCUT2D eigenvalue weighted by Crippen LogP contribution is -2.15. The molecule has 0 spiro atoms. The number of carbonyl (C=O) groups is 1. The molecule has 120 valence electrons. The van der Waals surface area contributed by atoms with Crippen molar-refractivity contribution < 1.29 is 4.79 Å². The van der Waals surface area contributed by atoms with Crippen LogP contribution in [-0.2, 0) is 4.79 Å². The van der Waals surface area contributed by atoms with Gasteiger partial charge in [0.05, 0.1) is 30.0 Å². The number of Topliss-reactive ketones (excluding diaryl/α,β-unsaturated/α-hetero) is 1. The highest BCUT2D eigenvalue weighted by Gasteiger charge is 2.12. The maximum absolute atomic E-state index is 11.4. The number of anilines is 1. The van der Waals surface area contributed by atoms with E-state index >= 15 is 0 Å². The first-order chi connectivity index (χ1) is 11.8. The van der Waals surface area contributed by atoms with E-state index in [1.807, 2.05) is 60.7 Å². The maximum Gasteiger partial charge on any atom is 0.166 e. The van der Waals surface area contributed by atoms with E-state index in [9.17, 15) is 4.79 Å². The fourth-order valence-electron chi connectivity index (χ4n) is 2.32. The average Bonchev–Trinajstić information content (AvgIpc) is 2.67. The number of hydrogen-bond acceptors (Lipinski definition) is 4. The molecule has 0 amide bonds. The van der Waals surface area contributed by atoms with Crippen LogP contribution in [0.4, 0.5) is 5.82 Å². The Morgan fingerprint density at radius 1 is 0.917 bits per heavy atom. The maximum atomic E-state index is 11.4. The van der Waals surface area contributed by atoms with Crippen LogP contribution in [-0.4, -0.2) is 28.2 Å². The van der Waals surface area contributed by atoms with Gasteiger partial charge in [-0.2, -0.15) is 0 Å². The SMILES string of the molecule is O=C(CCl)CNc1cnc(-c2ccccc2)c(-c2ccccc2)n1. The Kier molecular flexibility index (Phi) is 5.18. The van der Waals surface area contributed by atoms with Gasteiger partial charge in [-0.1, -0.05) is 60.7 Å². The van der Waals surface area contributed by atoms with Crippen LogP contribution in [0.25, 0.3) is 22.5 Å². The molecule has 0 aliphatic rings. The zero-order chi connectivity index (χ0) is 16.8. The fraction of sp³-hybridized carbons (Fsp3) is 0.105. The largest absolute Gasteiger partial charge is 0.362 e. The Balaban J connectivity index is 2.02. The van der Waals surface area contributed by atoms with Gasteiger partial charge >= 0.3 is 0 Å². The lowest BCUT2D eigenvalue weighted by atomic mass is 10.0. The summed E-state index contributed by atoms with van der Waals surface area (Å²) in [6.45, 7) is 0.136. The summed E-state index contributed by atoms with van der Waals surface area (Å²) in [4.78, 5) is 20.6. The third-order valence-electron chi connectivity index (χ3n) is 3.48. The van der Waals surface area contributed by atoms with Crippen molar-refractivity contribution >= 4 is 23.2 Å². The van der Waals surface area contributed by atoms with Crippen molar-refractivity contribution in [3.05, 3.63) is 66.9 Å². The molecule has 3 aromatic rings.